The van der Waals surface area contributed by atoms with Crippen LogP contribution in [0, 0.1) is 16.7 Å². The summed E-state index contributed by atoms with van der Waals surface area (Å²) in [7, 11) is 0. The van der Waals surface area contributed by atoms with Gasteiger partial charge < -0.3 is 0 Å². The van der Waals surface area contributed by atoms with Gasteiger partial charge in [-0.1, -0.05) is 140 Å². The number of thiocarbonyl (C=S) groups is 1. The van der Waals surface area contributed by atoms with E-state index in [0.29, 0.717) is 45.1 Å². The number of anilines is 1. The number of amides is 4. The van der Waals surface area contributed by atoms with Crippen LogP contribution in [0.25, 0.3) is 43.1 Å². The van der Waals surface area contributed by atoms with Gasteiger partial charge in [-0.15, -0.1) is 11.8 Å². The third-order valence-electron chi connectivity index (χ3n) is 13.3. The normalized spacial score (nSPS) is 14.9. The van der Waals surface area contributed by atoms with Crippen molar-refractivity contribution in [3.05, 3.63) is 136 Å². The van der Waals surface area contributed by atoms with Crippen molar-refractivity contribution in [2.24, 2.45) is 5.41 Å². The van der Waals surface area contributed by atoms with E-state index in [1.807, 2.05) is 92.7 Å². The Balaban J connectivity index is 1.07. The van der Waals surface area contributed by atoms with E-state index in [4.69, 9.17) is 12.2 Å². The van der Waals surface area contributed by atoms with Crippen molar-refractivity contribution >= 4 is 112 Å². The number of hydrogen-bond acceptors (Lipinski definition) is 8. The lowest BCUT2D eigenvalue weighted by atomic mass is 9.79. The van der Waals surface area contributed by atoms with Crippen molar-refractivity contribution in [3.63, 3.8) is 0 Å². The SMILES string of the molecule is CCCCSC(=S)SC(CC(C)(C)C#N)c1ccc(CN2C(=O)c3ccc4c5ccc6c7c(ccc(c8ccc(c3c48)C2=O)c75)C(=O)N(c2cc(C(C)(C)C)ccc2C(C)(C)C)C6=O)cc1. The second-order valence-corrected chi connectivity index (χ2v) is 24.0. The number of hydrogen-bond donors (Lipinski definition) is 0. The zero-order chi connectivity index (χ0) is 47.2. The maximum Gasteiger partial charge on any atom is 0.265 e. The van der Waals surface area contributed by atoms with Crippen LogP contribution in [0.15, 0.2) is 91.0 Å². The molecule has 0 saturated carbocycles. The highest BCUT2D eigenvalue weighted by molar-refractivity contribution is 8.47. The van der Waals surface area contributed by atoms with Crippen LogP contribution >= 0.6 is 35.7 Å². The molecule has 0 radical (unpaired) electrons. The fourth-order valence-corrected chi connectivity index (χ4v) is 12.8. The molecule has 2 heterocycles. The van der Waals surface area contributed by atoms with E-state index in [9.17, 15) is 24.4 Å². The Bertz CT molecular complexity index is 3140. The summed E-state index contributed by atoms with van der Waals surface area (Å²) >= 11 is 9.07. The van der Waals surface area contributed by atoms with E-state index >= 15 is 0 Å². The van der Waals surface area contributed by atoms with Crippen LogP contribution < -0.4 is 4.90 Å². The topological polar surface area (TPSA) is 98.6 Å². The van der Waals surface area contributed by atoms with Gasteiger partial charge >= 0.3 is 0 Å². The quantitative estimate of drug-likeness (QED) is 0.0440. The summed E-state index contributed by atoms with van der Waals surface area (Å²) in [5, 5.41) is 16.1. The second-order valence-electron chi connectivity index (χ2n) is 20.5. The van der Waals surface area contributed by atoms with E-state index in [2.05, 4.69) is 66.7 Å². The van der Waals surface area contributed by atoms with Crippen LogP contribution in [0.1, 0.15) is 151 Å². The van der Waals surface area contributed by atoms with E-state index in [1.165, 1.54) is 9.80 Å². The number of benzene rings is 7. The number of carbonyl (C=O) groups excluding carboxylic acids is 4. The van der Waals surface area contributed by atoms with Crippen LogP contribution in [0.4, 0.5) is 5.69 Å². The monoisotopic (exact) mass is 927 g/mol. The minimum absolute atomic E-state index is 0.0227. The number of carbonyl (C=O) groups is 4. The van der Waals surface area contributed by atoms with Crippen molar-refractivity contribution in [2.75, 3.05) is 10.7 Å². The van der Waals surface area contributed by atoms with Crippen LogP contribution in [0.2, 0.25) is 0 Å². The molecule has 7 aromatic rings. The van der Waals surface area contributed by atoms with Gasteiger partial charge in [0.1, 0.15) is 3.53 Å². The molecule has 66 heavy (non-hydrogen) atoms. The molecule has 10 heteroatoms. The first-order valence-electron chi connectivity index (χ1n) is 22.7. The smallest absolute Gasteiger partial charge is 0.265 e. The summed E-state index contributed by atoms with van der Waals surface area (Å²) in [5.74, 6) is -0.489. The molecular weight excluding hydrogens is 875 g/mol. The highest BCUT2D eigenvalue weighted by atomic mass is 32.2. The molecule has 4 amide bonds. The molecule has 9 rings (SSSR count). The number of thioether (sulfide) groups is 2. The predicted octanol–water partition coefficient (Wildman–Crippen LogP) is 14.5. The van der Waals surface area contributed by atoms with Gasteiger partial charge in [-0.3, -0.25) is 24.1 Å². The lowest BCUT2D eigenvalue weighted by Crippen LogP contribution is -2.42. The number of imide groups is 2. The molecule has 2 aliphatic heterocycles. The van der Waals surface area contributed by atoms with Crippen molar-refractivity contribution < 1.29 is 19.2 Å². The number of rotatable bonds is 10. The lowest BCUT2D eigenvalue weighted by Gasteiger charge is -2.34. The molecule has 0 N–H and O–H groups in total. The fraction of sp³-hybridized carbons (Fsp3) is 0.321. The molecule has 7 nitrogen and oxygen atoms in total. The van der Waals surface area contributed by atoms with Crippen molar-refractivity contribution in [1.82, 2.24) is 4.90 Å². The molecule has 0 aliphatic carbocycles. The molecule has 0 aromatic heterocycles. The highest BCUT2D eigenvalue weighted by Gasteiger charge is 2.40. The molecule has 0 bridgehead atoms. The Labute approximate surface area is 400 Å². The van der Waals surface area contributed by atoms with E-state index in [-0.39, 0.29) is 46.3 Å². The summed E-state index contributed by atoms with van der Waals surface area (Å²) in [6, 6.07) is 31.6. The first-order valence-corrected chi connectivity index (χ1v) is 24.9. The summed E-state index contributed by atoms with van der Waals surface area (Å²) < 4.78 is 0.864. The lowest BCUT2D eigenvalue weighted by molar-refractivity contribution is 0.0597. The van der Waals surface area contributed by atoms with Crippen LogP contribution in [-0.2, 0) is 17.4 Å². The second kappa shape index (κ2) is 16.6. The van der Waals surface area contributed by atoms with E-state index < -0.39 is 5.41 Å². The van der Waals surface area contributed by atoms with Crippen LogP contribution in [-0.4, -0.2) is 37.8 Å². The molecule has 2 aliphatic rings. The molecule has 1 atom stereocenters. The average molecular weight is 928 g/mol. The molecule has 0 fully saturated rings. The van der Waals surface area contributed by atoms with Gasteiger partial charge in [0.15, 0.2) is 0 Å². The third-order valence-corrected chi connectivity index (χ3v) is 16.2. The Hall–Kier alpha value is -5.60. The van der Waals surface area contributed by atoms with Crippen molar-refractivity contribution in [2.45, 2.75) is 104 Å². The molecule has 0 spiro atoms. The average Bonchev–Trinajstić information content (AvgIpc) is 3.27. The summed E-state index contributed by atoms with van der Waals surface area (Å²) in [5.41, 5.74) is 5.12. The first-order chi connectivity index (χ1) is 31.2. The van der Waals surface area contributed by atoms with Gasteiger partial charge in [0.25, 0.3) is 23.6 Å². The predicted molar refractivity (Wildman–Crippen MR) is 278 cm³/mol. The fourth-order valence-electron chi connectivity index (χ4n) is 9.70. The number of nitrogens with zero attached hydrogens (tertiary/aromatic N) is 3. The van der Waals surface area contributed by atoms with Gasteiger partial charge in [0.2, 0.25) is 0 Å². The van der Waals surface area contributed by atoms with Crippen LogP contribution in [0.5, 0.6) is 0 Å². The number of nitriles is 1. The molecular formula is C56H53N3O4S3. The van der Waals surface area contributed by atoms with Crippen LogP contribution in [0.3, 0.4) is 0 Å². The molecule has 334 valence electrons. The van der Waals surface area contributed by atoms with Gasteiger partial charge in [0, 0.05) is 38.3 Å². The van der Waals surface area contributed by atoms with Gasteiger partial charge in [-0.2, -0.15) is 5.26 Å². The van der Waals surface area contributed by atoms with E-state index in [0.717, 1.165) is 76.7 Å². The maximum atomic E-state index is 14.8. The Morgan fingerprint density at radius 1 is 0.652 bits per heavy atom. The maximum absolute atomic E-state index is 14.8. The number of fused-ring (bicyclic) bond motifs is 2. The first kappa shape index (κ1) is 45.6. The Kier molecular flexibility index (Phi) is 11.5. The van der Waals surface area contributed by atoms with E-state index in [1.54, 1.807) is 23.5 Å². The zero-order valence-electron chi connectivity index (χ0n) is 39.0. The third kappa shape index (κ3) is 7.67. The Morgan fingerprint density at radius 2 is 1.15 bits per heavy atom. The highest BCUT2D eigenvalue weighted by Crippen LogP contribution is 2.48. The van der Waals surface area contributed by atoms with Crippen molar-refractivity contribution in [3.8, 4) is 6.07 Å². The molecule has 0 saturated heterocycles. The summed E-state index contributed by atoms with van der Waals surface area (Å²) in [6.45, 7) is 18.8. The van der Waals surface area contributed by atoms with Gasteiger partial charge in [0.05, 0.1) is 23.7 Å². The summed E-state index contributed by atoms with van der Waals surface area (Å²) in [6.07, 6.45) is 2.82. The minimum atomic E-state index is -0.549. The minimum Gasteiger partial charge on any atom is -0.270 e. The van der Waals surface area contributed by atoms with Gasteiger partial charge in [-0.05, 0) is 128 Å². The standard InChI is InChI=1S/C56H53N3O4S3/c1-10-11-26-65-53(64)66-44(28-56(8,9)30-57)32-14-12-31(13-15-32)29-58-49(60)38-21-17-34-36-19-23-40-48-41(24-20-37(46(36)48)35-18-22-39(50(58)61)47(38)45(34)35)52(63)59(51(40)62)43-27-33(54(2,3)4)16-25-42(43)55(5,6)7/h12-25,27,44H,10-11,26,28-29H2,1-9H3. The van der Waals surface area contributed by atoms with Crippen molar-refractivity contribution in [1.29, 1.82) is 5.26 Å². The Morgan fingerprint density at radius 3 is 1.61 bits per heavy atom. The molecule has 1 unspecified atom stereocenters. The summed E-state index contributed by atoms with van der Waals surface area (Å²) in [4.78, 5) is 61.2. The zero-order valence-corrected chi connectivity index (χ0v) is 41.4. The van der Waals surface area contributed by atoms with Gasteiger partial charge in [-0.25, -0.2) is 4.90 Å². The molecule has 7 aromatic carbocycles. The number of unbranched alkanes of at least 4 members (excludes halogenated alkanes) is 1. The largest absolute Gasteiger partial charge is 0.270 e.